The summed E-state index contributed by atoms with van der Waals surface area (Å²) in [5, 5.41) is 18.6. The van der Waals surface area contributed by atoms with E-state index in [2.05, 4.69) is 0 Å². The van der Waals surface area contributed by atoms with E-state index >= 15 is 0 Å². The Hall–Kier alpha value is -1.53. The number of carboxylic acid groups (broad SMARTS) is 1. The van der Waals surface area contributed by atoms with Crippen LogP contribution < -0.4 is 0 Å². The van der Waals surface area contributed by atoms with Gasteiger partial charge in [0.05, 0.1) is 6.10 Å². The number of carbonyl (C=O) groups excluding carboxylic acids is 1. The zero-order valence-corrected chi connectivity index (χ0v) is 11.8. The molecule has 1 aliphatic rings. The topological polar surface area (TPSA) is 77.8 Å². The SMILES string of the molecule is O=C(O)[C@@H]1CC(O)CN1C(=O)CCSc1ccccc1. The van der Waals surface area contributed by atoms with Crippen LogP contribution in [0.4, 0.5) is 0 Å². The van der Waals surface area contributed by atoms with E-state index in [0.29, 0.717) is 5.75 Å². The van der Waals surface area contributed by atoms with Crippen molar-refractivity contribution in [2.75, 3.05) is 12.3 Å². The number of benzene rings is 1. The molecule has 2 rings (SSSR count). The third-order valence-electron chi connectivity index (χ3n) is 3.21. The number of rotatable bonds is 5. The van der Waals surface area contributed by atoms with E-state index in [1.54, 1.807) is 11.8 Å². The minimum absolute atomic E-state index is 0.117. The van der Waals surface area contributed by atoms with Gasteiger partial charge in [0.15, 0.2) is 0 Å². The maximum atomic E-state index is 12.0. The number of aliphatic hydroxyl groups excluding tert-OH is 1. The second kappa shape index (κ2) is 6.76. The number of carbonyl (C=O) groups is 2. The normalized spacial score (nSPS) is 21.9. The molecule has 0 bridgehead atoms. The molecule has 0 saturated carbocycles. The highest BCUT2D eigenvalue weighted by Crippen LogP contribution is 2.22. The van der Waals surface area contributed by atoms with Crippen LogP contribution >= 0.6 is 11.8 Å². The summed E-state index contributed by atoms with van der Waals surface area (Å²) in [5.74, 6) is -0.662. The van der Waals surface area contributed by atoms with Crippen LogP contribution in [0.2, 0.25) is 0 Å². The monoisotopic (exact) mass is 295 g/mol. The fraction of sp³-hybridized carbons (Fsp3) is 0.429. The zero-order valence-electron chi connectivity index (χ0n) is 10.9. The Balaban J connectivity index is 1.84. The summed E-state index contributed by atoms with van der Waals surface area (Å²) in [6, 6.07) is 8.84. The summed E-state index contributed by atoms with van der Waals surface area (Å²) in [6.45, 7) is 0.117. The summed E-state index contributed by atoms with van der Waals surface area (Å²) in [7, 11) is 0. The molecule has 108 valence electrons. The minimum Gasteiger partial charge on any atom is -0.480 e. The van der Waals surface area contributed by atoms with Crippen molar-refractivity contribution in [1.29, 1.82) is 0 Å². The molecular formula is C14H17NO4S. The number of hydrogen-bond acceptors (Lipinski definition) is 4. The molecular weight excluding hydrogens is 278 g/mol. The maximum absolute atomic E-state index is 12.0. The molecule has 0 aromatic heterocycles. The van der Waals surface area contributed by atoms with Gasteiger partial charge in [-0.15, -0.1) is 11.8 Å². The van der Waals surface area contributed by atoms with E-state index in [9.17, 15) is 14.7 Å². The van der Waals surface area contributed by atoms with Gasteiger partial charge in [-0.2, -0.15) is 0 Å². The van der Waals surface area contributed by atoms with Crippen LogP contribution in [0.5, 0.6) is 0 Å². The molecule has 1 fully saturated rings. The molecule has 2 N–H and O–H groups in total. The molecule has 2 atom stereocenters. The maximum Gasteiger partial charge on any atom is 0.326 e. The molecule has 0 radical (unpaired) electrons. The molecule has 0 aliphatic carbocycles. The van der Waals surface area contributed by atoms with Gasteiger partial charge in [0.25, 0.3) is 0 Å². The molecule has 1 saturated heterocycles. The first kappa shape index (κ1) is 14.9. The van der Waals surface area contributed by atoms with Crippen LogP contribution in [0.3, 0.4) is 0 Å². The van der Waals surface area contributed by atoms with Crippen molar-refractivity contribution in [3.8, 4) is 0 Å². The van der Waals surface area contributed by atoms with E-state index < -0.39 is 18.1 Å². The number of aliphatic carboxylic acids is 1. The summed E-state index contributed by atoms with van der Waals surface area (Å²) in [5.41, 5.74) is 0. The van der Waals surface area contributed by atoms with Gasteiger partial charge in [-0.3, -0.25) is 4.79 Å². The molecule has 0 spiro atoms. The van der Waals surface area contributed by atoms with E-state index in [4.69, 9.17) is 5.11 Å². The van der Waals surface area contributed by atoms with Crippen LogP contribution in [0, 0.1) is 0 Å². The Labute approximate surface area is 121 Å². The Morgan fingerprint density at radius 1 is 1.30 bits per heavy atom. The van der Waals surface area contributed by atoms with Gasteiger partial charge in [-0.05, 0) is 12.1 Å². The fourth-order valence-corrected chi connectivity index (χ4v) is 3.10. The first-order valence-electron chi connectivity index (χ1n) is 6.46. The van der Waals surface area contributed by atoms with Crippen molar-refractivity contribution >= 4 is 23.6 Å². The number of β-amino-alcohol motifs (C(OH)–C–C–N with tert-alkyl or cyclic N) is 1. The van der Waals surface area contributed by atoms with Crippen LogP contribution in [0.15, 0.2) is 35.2 Å². The number of hydrogen-bond donors (Lipinski definition) is 2. The lowest BCUT2D eigenvalue weighted by molar-refractivity contribution is -0.148. The molecule has 6 heteroatoms. The van der Waals surface area contributed by atoms with E-state index in [1.165, 1.54) is 4.90 Å². The second-order valence-corrected chi connectivity index (χ2v) is 5.87. The van der Waals surface area contributed by atoms with Crippen LogP contribution in [0.25, 0.3) is 0 Å². The van der Waals surface area contributed by atoms with Crippen molar-refractivity contribution in [2.24, 2.45) is 0 Å². The standard InChI is InChI=1S/C14H17NO4S/c16-10-8-12(14(18)19)15(9-10)13(17)6-7-20-11-4-2-1-3-5-11/h1-5,10,12,16H,6-9H2,(H,18,19)/t10?,12-/m0/s1. The molecule has 1 aromatic carbocycles. The van der Waals surface area contributed by atoms with Crippen LogP contribution in [-0.4, -0.2) is 51.4 Å². The van der Waals surface area contributed by atoms with Crippen LogP contribution in [-0.2, 0) is 9.59 Å². The fourth-order valence-electron chi connectivity index (χ4n) is 2.24. The predicted molar refractivity (Wildman–Crippen MR) is 75.5 cm³/mol. The van der Waals surface area contributed by atoms with Gasteiger partial charge in [-0.1, -0.05) is 18.2 Å². The largest absolute Gasteiger partial charge is 0.480 e. The quantitative estimate of drug-likeness (QED) is 0.799. The number of aliphatic hydroxyl groups is 1. The molecule has 1 heterocycles. The summed E-state index contributed by atoms with van der Waals surface area (Å²) >= 11 is 1.56. The van der Waals surface area contributed by atoms with Crippen molar-refractivity contribution in [3.63, 3.8) is 0 Å². The summed E-state index contributed by atoms with van der Waals surface area (Å²) in [4.78, 5) is 25.4. The Morgan fingerprint density at radius 3 is 2.65 bits per heavy atom. The van der Waals surface area contributed by atoms with Crippen molar-refractivity contribution < 1.29 is 19.8 Å². The average molecular weight is 295 g/mol. The van der Waals surface area contributed by atoms with Gasteiger partial charge in [0.2, 0.25) is 5.91 Å². The third-order valence-corrected chi connectivity index (χ3v) is 4.23. The van der Waals surface area contributed by atoms with E-state index in [0.717, 1.165) is 4.90 Å². The third kappa shape index (κ3) is 3.74. The molecule has 20 heavy (non-hydrogen) atoms. The Kier molecular flexibility index (Phi) is 5.03. The number of amides is 1. The Bertz CT molecular complexity index is 479. The van der Waals surface area contributed by atoms with Crippen molar-refractivity contribution in [1.82, 2.24) is 4.90 Å². The summed E-state index contributed by atoms with van der Waals surface area (Å²) in [6.07, 6.45) is -0.343. The summed E-state index contributed by atoms with van der Waals surface area (Å²) < 4.78 is 0. The molecule has 5 nitrogen and oxygen atoms in total. The number of nitrogens with zero attached hydrogens (tertiary/aromatic N) is 1. The van der Waals surface area contributed by atoms with Gasteiger partial charge >= 0.3 is 5.97 Å². The lowest BCUT2D eigenvalue weighted by atomic mass is 10.2. The highest BCUT2D eigenvalue weighted by molar-refractivity contribution is 7.99. The first-order chi connectivity index (χ1) is 9.58. The van der Waals surface area contributed by atoms with Crippen LogP contribution in [0.1, 0.15) is 12.8 Å². The van der Waals surface area contributed by atoms with Gasteiger partial charge in [0, 0.05) is 30.0 Å². The minimum atomic E-state index is -1.05. The molecule has 1 unspecified atom stereocenters. The molecule has 1 amide bonds. The van der Waals surface area contributed by atoms with Gasteiger partial charge < -0.3 is 15.1 Å². The molecule has 1 aliphatic heterocycles. The zero-order chi connectivity index (χ0) is 14.5. The van der Waals surface area contributed by atoms with Crippen molar-refractivity contribution in [3.05, 3.63) is 30.3 Å². The lowest BCUT2D eigenvalue weighted by Gasteiger charge is -2.20. The first-order valence-corrected chi connectivity index (χ1v) is 7.44. The van der Waals surface area contributed by atoms with Gasteiger partial charge in [-0.25, -0.2) is 4.79 Å². The Morgan fingerprint density at radius 2 is 2.00 bits per heavy atom. The smallest absolute Gasteiger partial charge is 0.326 e. The highest BCUT2D eigenvalue weighted by Gasteiger charge is 2.38. The van der Waals surface area contributed by atoms with E-state index in [1.807, 2.05) is 30.3 Å². The number of likely N-dealkylation sites (tertiary alicyclic amines) is 1. The lowest BCUT2D eigenvalue weighted by Crippen LogP contribution is -2.40. The van der Waals surface area contributed by atoms with Gasteiger partial charge in [0.1, 0.15) is 6.04 Å². The number of carboxylic acids is 1. The average Bonchev–Trinajstić information content (AvgIpc) is 2.82. The number of thioether (sulfide) groups is 1. The second-order valence-electron chi connectivity index (χ2n) is 4.70. The molecule has 1 aromatic rings. The predicted octanol–water partition coefficient (Wildman–Crippen LogP) is 1.22. The van der Waals surface area contributed by atoms with E-state index in [-0.39, 0.29) is 25.3 Å². The van der Waals surface area contributed by atoms with Crippen molar-refractivity contribution in [2.45, 2.75) is 29.9 Å². The highest BCUT2D eigenvalue weighted by atomic mass is 32.2.